The molecule has 0 atom stereocenters. The van der Waals surface area contributed by atoms with Crippen LogP contribution < -0.4 is 10.6 Å². The molecule has 17 heavy (non-hydrogen) atoms. The van der Waals surface area contributed by atoms with Gasteiger partial charge in [-0.25, -0.2) is 4.98 Å². The molecule has 2 N–H and O–H groups in total. The highest BCUT2D eigenvalue weighted by molar-refractivity contribution is 5.34. The largest absolute Gasteiger partial charge is 0.376 e. The third-order valence-corrected chi connectivity index (χ3v) is 2.94. The number of hydrogen-bond acceptors (Lipinski definition) is 4. The average Bonchev–Trinajstić information content (AvgIpc) is 2.36. The highest BCUT2D eigenvalue weighted by atomic mass is 16.5. The molecule has 0 spiro atoms. The lowest BCUT2D eigenvalue weighted by Crippen LogP contribution is -2.33. The number of aryl methyl sites for hydroxylation is 1. The summed E-state index contributed by atoms with van der Waals surface area (Å²) in [6, 6.07) is 5.99. The number of nitrogens with zero attached hydrogens (tertiary/aromatic N) is 1. The van der Waals surface area contributed by atoms with E-state index in [0.717, 1.165) is 50.6 Å². The lowest BCUT2D eigenvalue weighted by atomic mass is 10.1. The summed E-state index contributed by atoms with van der Waals surface area (Å²) in [4.78, 5) is 4.38. The van der Waals surface area contributed by atoms with Crippen molar-refractivity contribution in [3.05, 3.63) is 23.9 Å². The van der Waals surface area contributed by atoms with E-state index in [1.54, 1.807) is 0 Å². The van der Waals surface area contributed by atoms with E-state index in [9.17, 15) is 0 Å². The summed E-state index contributed by atoms with van der Waals surface area (Å²) in [7, 11) is 0. The van der Waals surface area contributed by atoms with Crippen molar-refractivity contribution in [1.29, 1.82) is 0 Å². The van der Waals surface area contributed by atoms with Crippen LogP contribution in [0.5, 0.6) is 0 Å². The molecule has 4 heteroatoms. The first-order valence-electron chi connectivity index (χ1n) is 6.34. The van der Waals surface area contributed by atoms with Crippen LogP contribution in [0.2, 0.25) is 0 Å². The smallest absolute Gasteiger partial charge is 0.126 e. The van der Waals surface area contributed by atoms with Gasteiger partial charge < -0.3 is 15.4 Å². The minimum Gasteiger partial charge on any atom is -0.376 e. The average molecular weight is 235 g/mol. The molecule has 0 unspecified atom stereocenters. The topological polar surface area (TPSA) is 46.2 Å². The van der Waals surface area contributed by atoms with Crippen LogP contribution in [0, 0.1) is 6.92 Å². The third-order valence-electron chi connectivity index (χ3n) is 2.94. The van der Waals surface area contributed by atoms with Gasteiger partial charge in [0, 0.05) is 12.2 Å². The van der Waals surface area contributed by atoms with Crippen LogP contribution in [-0.4, -0.2) is 37.3 Å². The van der Waals surface area contributed by atoms with Gasteiger partial charge >= 0.3 is 0 Å². The number of aromatic nitrogens is 1. The van der Waals surface area contributed by atoms with Crippen molar-refractivity contribution in [2.24, 2.45) is 0 Å². The fourth-order valence-electron chi connectivity index (χ4n) is 2.01. The number of hydrogen-bond donors (Lipinski definition) is 2. The molecule has 4 nitrogen and oxygen atoms in total. The van der Waals surface area contributed by atoms with E-state index < -0.39 is 0 Å². The molecule has 0 aromatic carbocycles. The zero-order valence-corrected chi connectivity index (χ0v) is 10.4. The quantitative estimate of drug-likeness (QED) is 0.761. The zero-order valence-electron chi connectivity index (χ0n) is 10.4. The summed E-state index contributed by atoms with van der Waals surface area (Å²) in [5.74, 6) is 0.930. The van der Waals surface area contributed by atoms with Gasteiger partial charge in [-0.1, -0.05) is 6.07 Å². The van der Waals surface area contributed by atoms with Crippen molar-refractivity contribution in [3.63, 3.8) is 0 Å². The van der Waals surface area contributed by atoms with Gasteiger partial charge in [0.2, 0.25) is 0 Å². The predicted molar refractivity (Wildman–Crippen MR) is 69.3 cm³/mol. The number of ether oxygens (including phenoxy) is 1. The summed E-state index contributed by atoms with van der Waals surface area (Å²) < 4.78 is 5.80. The van der Waals surface area contributed by atoms with Crippen LogP contribution in [0.25, 0.3) is 0 Å². The van der Waals surface area contributed by atoms with E-state index in [-0.39, 0.29) is 0 Å². The van der Waals surface area contributed by atoms with Crippen LogP contribution in [0.15, 0.2) is 18.2 Å². The number of piperidine rings is 1. The number of anilines is 1. The van der Waals surface area contributed by atoms with E-state index >= 15 is 0 Å². The SMILES string of the molecule is Cc1cccc(NCCOC2CCNCC2)n1. The van der Waals surface area contributed by atoms with Gasteiger partial charge in [0.05, 0.1) is 12.7 Å². The highest BCUT2D eigenvalue weighted by Gasteiger charge is 2.12. The van der Waals surface area contributed by atoms with E-state index in [1.807, 2.05) is 25.1 Å². The monoisotopic (exact) mass is 235 g/mol. The first kappa shape index (κ1) is 12.3. The maximum atomic E-state index is 5.80. The van der Waals surface area contributed by atoms with Gasteiger partial charge in [-0.15, -0.1) is 0 Å². The molecule has 1 aromatic rings. The maximum Gasteiger partial charge on any atom is 0.126 e. The van der Waals surface area contributed by atoms with E-state index in [2.05, 4.69) is 15.6 Å². The minimum absolute atomic E-state index is 0.434. The molecule has 2 rings (SSSR count). The molecule has 1 fully saturated rings. The molecule has 1 aliphatic rings. The molecular weight excluding hydrogens is 214 g/mol. The van der Waals surface area contributed by atoms with Crippen LogP contribution in [0.3, 0.4) is 0 Å². The van der Waals surface area contributed by atoms with Gasteiger partial charge in [-0.05, 0) is 45.0 Å². The Kier molecular flexibility index (Phi) is 4.76. The van der Waals surface area contributed by atoms with Crippen LogP contribution in [0.4, 0.5) is 5.82 Å². The normalized spacial score (nSPS) is 17.0. The second-order valence-electron chi connectivity index (χ2n) is 4.41. The summed E-state index contributed by atoms with van der Waals surface area (Å²) in [5, 5.41) is 6.60. The molecule has 1 saturated heterocycles. The lowest BCUT2D eigenvalue weighted by Gasteiger charge is -2.23. The Morgan fingerprint density at radius 1 is 1.41 bits per heavy atom. The van der Waals surface area contributed by atoms with Gasteiger partial charge in [0.1, 0.15) is 5.82 Å². The van der Waals surface area contributed by atoms with Crippen LogP contribution in [0.1, 0.15) is 18.5 Å². The Morgan fingerprint density at radius 2 is 2.24 bits per heavy atom. The van der Waals surface area contributed by atoms with Gasteiger partial charge in [-0.3, -0.25) is 0 Å². The summed E-state index contributed by atoms with van der Waals surface area (Å²) >= 11 is 0. The highest BCUT2D eigenvalue weighted by Crippen LogP contribution is 2.07. The Labute approximate surface area is 103 Å². The third kappa shape index (κ3) is 4.32. The Morgan fingerprint density at radius 3 is 3.00 bits per heavy atom. The molecule has 0 radical (unpaired) electrons. The Hall–Kier alpha value is -1.13. The fourth-order valence-corrected chi connectivity index (χ4v) is 2.01. The zero-order chi connectivity index (χ0) is 11.9. The van der Waals surface area contributed by atoms with E-state index in [0.29, 0.717) is 6.10 Å². The molecule has 2 heterocycles. The van der Waals surface area contributed by atoms with Crippen molar-refractivity contribution in [3.8, 4) is 0 Å². The number of rotatable bonds is 5. The molecule has 1 aromatic heterocycles. The summed E-state index contributed by atoms with van der Waals surface area (Å²) in [5.41, 5.74) is 1.04. The molecule has 0 aliphatic carbocycles. The Bertz CT molecular complexity index is 337. The summed E-state index contributed by atoms with van der Waals surface area (Å²) in [6.07, 6.45) is 2.69. The van der Waals surface area contributed by atoms with Gasteiger partial charge in [0.15, 0.2) is 0 Å². The second-order valence-corrected chi connectivity index (χ2v) is 4.41. The molecule has 0 saturated carbocycles. The van der Waals surface area contributed by atoms with E-state index in [4.69, 9.17) is 4.74 Å². The van der Waals surface area contributed by atoms with Gasteiger partial charge in [-0.2, -0.15) is 0 Å². The van der Waals surface area contributed by atoms with Crippen molar-refractivity contribution >= 4 is 5.82 Å². The maximum absolute atomic E-state index is 5.80. The lowest BCUT2D eigenvalue weighted by molar-refractivity contribution is 0.0394. The molecule has 0 amide bonds. The first-order chi connectivity index (χ1) is 8.34. The predicted octanol–water partition coefficient (Wildman–Crippen LogP) is 1.57. The number of pyridine rings is 1. The summed E-state index contributed by atoms with van der Waals surface area (Å²) in [6.45, 7) is 5.73. The van der Waals surface area contributed by atoms with Crippen molar-refractivity contribution in [2.75, 3.05) is 31.6 Å². The van der Waals surface area contributed by atoms with Crippen molar-refractivity contribution in [1.82, 2.24) is 10.3 Å². The minimum atomic E-state index is 0.434. The standard InChI is InChI=1S/C13H21N3O/c1-11-3-2-4-13(16-11)15-9-10-17-12-5-7-14-8-6-12/h2-4,12,14H,5-10H2,1H3,(H,15,16). The van der Waals surface area contributed by atoms with Crippen LogP contribution >= 0.6 is 0 Å². The molecule has 0 bridgehead atoms. The molecule has 94 valence electrons. The fraction of sp³-hybridized carbons (Fsp3) is 0.615. The van der Waals surface area contributed by atoms with Crippen LogP contribution in [-0.2, 0) is 4.74 Å². The first-order valence-corrected chi connectivity index (χ1v) is 6.34. The number of nitrogens with one attached hydrogen (secondary N) is 2. The van der Waals surface area contributed by atoms with Crippen molar-refractivity contribution < 1.29 is 4.74 Å². The Balaban J connectivity index is 1.62. The van der Waals surface area contributed by atoms with E-state index in [1.165, 1.54) is 0 Å². The molecular formula is C13H21N3O. The second kappa shape index (κ2) is 6.57. The van der Waals surface area contributed by atoms with Gasteiger partial charge in [0.25, 0.3) is 0 Å². The molecule has 1 aliphatic heterocycles. The van der Waals surface area contributed by atoms with Crippen molar-refractivity contribution in [2.45, 2.75) is 25.9 Å².